The highest BCUT2D eigenvalue weighted by molar-refractivity contribution is 5.99. The van der Waals surface area contributed by atoms with E-state index in [9.17, 15) is 19.2 Å². The van der Waals surface area contributed by atoms with Crippen LogP contribution in [0.1, 0.15) is 127 Å². The smallest absolute Gasteiger partial charge is 0.437 e. The summed E-state index contributed by atoms with van der Waals surface area (Å²) in [6.07, 6.45) is 10.5. The molecule has 0 spiro atoms. The summed E-state index contributed by atoms with van der Waals surface area (Å²) in [6.45, 7) is 18.3. The zero-order chi connectivity index (χ0) is 38.0. The molecule has 2 heterocycles. The number of allylic oxidation sites excluding steroid dienone is 1. The number of nitrogens with one attached hydrogen (secondary N) is 1. The van der Waals surface area contributed by atoms with E-state index in [4.69, 9.17) is 18.9 Å². The van der Waals surface area contributed by atoms with Gasteiger partial charge in [-0.3, -0.25) is 19.8 Å². The van der Waals surface area contributed by atoms with E-state index in [1.165, 1.54) is 0 Å². The highest BCUT2D eigenvalue weighted by atomic mass is 16.6. The van der Waals surface area contributed by atoms with Crippen LogP contribution in [0.5, 0.6) is 0 Å². The minimum absolute atomic E-state index is 0.00906. The van der Waals surface area contributed by atoms with Crippen LogP contribution in [-0.2, 0) is 28.5 Å². The first-order valence-electron chi connectivity index (χ1n) is 18.8. The third-order valence-electron chi connectivity index (χ3n) is 9.03. The van der Waals surface area contributed by atoms with Crippen LogP contribution >= 0.6 is 0 Å². The summed E-state index contributed by atoms with van der Waals surface area (Å²) in [5.74, 6) is -0.281. The number of esters is 1. The zero-order valence-corrected chi connectivity index (χ0v) is 32.9. The van der Waals surface area contributed by atoms with Gasteiger partial charge in [0.2, 0.25) is 11.9 Å². The van der Waals surface area contributed by atoms with Crippen molar-refractivity contribution >= 4 is 30.0 Å². The number of carbonyl (C=O) groups is 4. The lowest BCUT2D eigenvalue weighted by atomic mass is 9.95. The third kappa shape index (κ3) is 15.1. The number of alkyl carbamates (subject to hydrolysis) is 1. The van der Waals surface area contributed by atoms with Gasteiger partial charge in [-0.05, 0) is 127 Å². The topological polar surface area (TPSA) is 139 Å². The second-order valence-electron chi connectivity index (χ2n) is 17.0. The highest BCUT2D eigenvalue weighted by Crippen LogP contribution is 2.27. The van der Waals surface area contributed by atoms with Crippen molar-refractivity contribution in [3.05, 3.63) is 12.2 Å². The summed E-state index contributed by atoms with van der Waals surface area (Å²) in [5.41, 5.74) is -2.08. The van der Waals surface area contributed by atoms with Crippen LogP contribution in [0, 0.1) is 0 Å². The number of guanidine groups is 1. The average molecular weight is 720 g/mol. The highest BCUT2D eigenvalue weighted by Gasteiger charge is 2.38. The first-order valence-corrected chi connectivity index (χ1v) is 18.8. The normalized spacial score (nSPS) is 21.7. The summed E-state index contributed by atoms with van der Waals surface area (Å²) in [7, 11) is 1.97. The Morgan fingerprint density at radius 1 is 0.843 bits per heavy atom. The van der Waals surface area contributed by atoms with Gasteiger partial charge in [0, 0.05) is 38.3 Å². The fraction of sp³-hybridized carbons (Fsp3) is 0.816. The molecule has 0 aromatic carbocycles. The lowest BCUT2D eigenvalue weighted by molar-refractivity contribution is -0.160. The minimum Gasteiger partial charge on any atom is -0.460 e. The molecule has 2 saturated heterocycles. The van der Waals surface area contributed by atoms with Crippen molar-refractivity contribution in [2.24, 2.45) is 4.99 Å². The Kier molecular flexibility index (Phi) is 15.3. The van der Waals surface area contributed by atoms with Crippen molar-refractivity contribution in [2.45, 2.75) is 168 Å². The SMILES string of the molecule is CN(C1CC=CCC1)[C@@H](CC(=O)OC(C)(C)C)C(=O)N1CCCC[C@H]1CCOC1CCN(C(=NC(=O)OC(C)(C)C)NC(=O)OC(C)(C)C)CC1. The summed E-state index contributed by atoms with van der Waals surface area (Å²) >= 11 is 0. The van der Waals surface area contributed by atoms with E-state index in [2.05, 4.69) is 27.4 Å². The number of likely N-dealkylation sites (tertiary alicyclic amines) is 2. The maximum Gasteiger partial charge on any atom is 0.437 e. The fourth-order valence-corrected chi connectivity index (χ4v) is 6.68. The molecule has 0 bridgehead atoms. The van der Waals surface area contributed by atoms with Gasteiger partial charge in [0.15, 0.2) is 0 Å². The molecular weight excluding hydrogens is 654 g/mol. The first kappa shape index (κ1) is 42.2. The van der Waals surface area contributed by atoms with E-state index in [0.29, 0.717) is 45.5 Å². The third-order valence-corrected chi connectivity index (χ3v) is 9.03. The molecule has 0 aromatic rings. The van der Waals surface area contributed by atoms with E-state index in [-0.39, 0.29) is 42.4 Å². The quantitative estimate of drug-likeness (QED) is 0.0964. The molecule has 51 heavy (non-hydrogen) atoms. The van der Waals surface area contributed by atoms with Crippen molar-refractivity contribution in [3.8, 4) is 0 Å². The predicted molar refractivity (Wildman–Crippen MR) is 196 cm³/mol. The second-order valence-corrected chi connectivity index (χ2v) is 17.0. The van der Waals surface area contributed by atoms with Crippen LogP contribution in [0.25, 0.3) is 0 Å². The van der Waals surface area contributed by atoms with Crippen LogP contribution in [0.3, 0.4) is 0 Å². The van der Waals surface area contributed by atoms with Crippen LogP contribution in [0.2, 0.25) is 0 Å². The minimum atomic E-state index is -0.798. The molecule has 0 radical (unpaired) electrons. The standard InChI is InChI=1S/C38H65N5O8/c1-36(2,3)49-31(44)26-30(41(10)27-16-12-11-13-17-27)32(45)43-22-15-14-18-28(43)21-25-48-29-19-23-42(24-20-29)33(39-34(46)50-37(4,5)6)40-35(47)51-38(7,8)9/h11-12,27-30H,13-26H2,1-10H3,(H,39,40,46,47)/t27?,28-,30-/m0/s1. The van der Waals surface area contributed by atoms with E-state index >= 15 is 0 Å². The molecule has 13 heteroatoms. The van der Waals surface area contributed by atoms with Crippen LogP contribution in [-0.4, -0.2) is 119 Å². The Labute approximate surface area is 305 Å². The molecule has 2 fully saturated rings. The Morgan fingerprint density at radius 2 is 1.49 bits per heavy atom. The Hall–Kier alpha value is -3.19. The van der Waals surface area contributed by atoms with Gasteiger partial charge in [-0.2, -0.15) is 0 Å². The number of nitrogens with zero attached hydrogens (tertiary/aromatic N) is 4. The van der Waals surface area contributed by atoms with E-state index in [1.54, 1.807) is 41.5 Å². The number of hydrogen-bond acceptors (Lipinski definition) is 9. The van der Waals surface area contributed by atoms with Crippen molar-refractivity contribution in [3.63, 3.8) is 0 Å². The molecular formula is C38H65N5O8. The van der Waals surface area contributed by atoms with Gasteiger partial charge in [0.25, 0.3) is 0 Å². The molecule has 1 N–H and O–H groups in total. The Morgan fingerprint density at radius 3 is 2.08 bits per heavy atom. The number of hydrogen-bond donors (Lipinski definition) is 1. The number of aliphatic imine (C=N–C) groups is 1. The first-order chi connectivity index (χ1) is 23.7. The molecule has 290 valence electrons. The van der Waals surface area contributed by atoms with Gasteiger partial charge in [0.1, 0.15) is 16.8 Å². The molecule has 3 aliphatic rings. The van der Waals surface area contributed by atoms with Crippen molar-refractivity contribution in [2.75, 3.05) is 33.3 Å². The summed E-state index contributed by atoms with van der Waals surface area (Å²) in [6, 6.07) is -0.372. The van der Waals surface area contributed by atoms with Crippen molar-refractivity contribution in [1.82, 2.24) is 20.0 Å². The van der Waals surface area contributed by atoms with Crippen molar-refractivity contribution in [1.29, 1.82) is 0 Å². The maximum atomic E-state index is 14.3. The van der Waals surface area contributed by atoms with Gasteiger partial charge < -0.3 is 28.7 Å². The van der Waals surface area contributed by atoms with E-state index < -0.39 is 35.0 Å². The molecule has 2 aliphatic heterocycles. The molecule has 0 saturated carbocycles. The molecule has 3 rings (SSSR count). The van der Waals surface area contributed by atoms with Gasteiger partial charge in [-0.1, -0.05) is 12.2 Å². The van der Waals surface area contributed by atoms with Crippen molar-refractivity contribution < 1.29 is 38.1 Å². The predicted octanol–water partition coefficient (Wildman–Crippen LogP) is 6.20. The molecule has 1 unspecified atom stereocenters. The largest absolute Gasteiger partial charge is 0.460 e. The average Bonchev–Trinajstić information content (AvgIpc) is 3.01. The molecule has 1 aliphatic carbocycles. The van der Waals surface area contributed by atoms with E-state index in [1.807, 2.05) is 37.6 Å². The van der Waals surface area contributed by atoms with Gasteiger partial charge >= 0.3 is 18.2 Å². The lowest BCUT2D eigenvalue weighted by Crippen LogP contribution is -2.55. The number of likely N-dealkylation sites (N-methyl/N-ethyl adjacent to an activating group) is 1. The van der Waals surface area contributed by atoms with Gasteiger partial charge in [0.05, 0.1) is 18.6 Å². The van der Waals surface area contributed by atoms with Gasteiger partial charge in [-0.15, -0.1) is 4.99 Å². The molecule has 3 amide bonds. The second kappa shape index (κ2) is 18.5. The molecule has 0 aromatic heterocycles. The monoisotopic (exact) mass is 719 g/mol. The number of piperidine rings is 2. The fourth-order valence-electron chi connectivity index (χ4n) is 6.68. The number of rotatable bonds is 9. The Bertz CT molecular complexity index is 1240. The zero-order valence-electron chi connectivity index (χ0n) is 32.9. The number of ether oxygens (including phenoxy) is 4. The van der Waals surface area contributed by atoms with Gasteiger partial charge in [-0.25, -0.2) is 9.59 Å². The summed E-state index contributed by atoms with van der Waals surface area (Å²) < 4.78 is 22.8. The Balaban J connectivity index is 1.61. The van der Waals surface area contributed by atoms with E-state index in [0.717, 1.165) is 38.5 Å². The van der Waals surface area contributed by atoms with Crippen LogP contribution in [0.15, 0.2) is 17.1 Å². The lowest BCUT2D eigenvalue weighted by Gasteiger charge is -2.42. The number of carbonyl (C=O) groups excluding carboxylic acids is 4. The molecule has 3 atom stereocenters. The summed E-state index contributed by atoms with van der Waals surface area (Å²) in [5, 5.41) is 2.64. The summed E-state index contributed by atoms with van der Waals surface area (Å²) in [4.78, 5) is 62.5. The maximum absolute atomic E-state index is 14.3. The number of amides is 3. The van der Waals surface area contributed by atoms with Crippen LogP contribution in [0.4, 0.5) is 9.59 Å². The van der Waals surface area contributed by atoms with Crippen LogP contribution < -0.4 is 5.32 Å². The molecule has 13 nitrogen and oxygen atoms in total.